The van der Waals surface area contributed by atoms with Crippen molar-refractivity contribution in [3.63, 3.8) is 0 Å². The van der Waals surface area contributed by atoms with Crippen LogP contribution in [0, 0.1) is 11.3 Å². The Hall–Kier alpha value is -2.28. The molecule has 0 saturated carbocycles. The third kappa shape index (κ3) is 3.36. The number of hydrogen-bond acceptors (Lipinski definition) is 3. The molecule has 0 amide bonds. The molecular weight excluding hydrogens is 228 g/mol. The summed E-state index contributed by atoms with van der Waals surface area (Å²) in [6, 6.07) is 9.14. The highest BCUT2D eigenvalue weighted by Crippen LogP contribution is 2.16. The lowest BCUT2D eigenvalue weighted by molar-refractivity contribution is -0.132. The predicted octanol–water partition coefficient (Wildman–Crippen LogP) is 2.52. The molecule has 0 aliphatic rings. The van der Waals surface area contributed by atoms with E-state index in [0.29, 0.717) is 5.56 Å². The van der Waals surface area contributed by atoms with Crippen LogP contribution < -0.4 is 4.90 Å². The van der Waals surface area contributed by atoms with Crippen LogP contribution in [0.5, 0.6) is 0 Å². The van der Waals surface area contributed by atoms with Crippen LogP contribution in [0.15, 0.2) is 29.8 Å². The summed E-state index contributed by atoms with van der Waals surface area (Å²) in [5, 5.41) is 17.4. The first-order valence-electron chi connectivity index (χ1n) is 5.82. The van der Waals surface area contributed by atoms with E-state index >= 15 is 0 Å². The number of aliphatic carboxylic acids is 1. The summed E-state index contributed by atoms with van der Waals surface area (Å²) < 4.78 is 0. The summed E-state index contributed by atoms with van der Waals surface area (Å²) in [7, 11) is 0. The molecule has 1 aromatic carbocycles. The van der Waals surface area contributed by atoms with Crippen molar-refractivity contribution in [1.29, 1.82) is 5.26 Å². The van der Waals surface area contributed by atoms with Gasteiger partial charge in [0.15, 0.2) is 0 Å². The molecule has 18 heavy (non-hydrogen) atoms. The zero-order chi connectivity index (χ0) is 13.5. The van der Waals surface area contributed by atoms with Crippen molar-refractivity contribution in [2.24, 2.45) is 0 Å². The van der Waals surface area contributed by atoms with E-state index in [1.807, 2.05) is 24.3 Å². The van der Waals surface area contributed by atoms with Crippen molar-refractivity contribution in [2.75, 3.05) is 18.0 Å². The Morgan fingerprint density at radius 3 is 2.28 bits per heavy atom. The van der Waals surface area contributed by atoms with Crippen molar-refractivity contribution >= 4 is 17.7 Å². The minimum Gasteiger partial charge on any atom is -0.477 e. The van der Waals surface area contributed by atoms with Crippen LogP contribution >= 0.6 is 0 Å². The fraction of sp³-hybridized carbons (Fsp3) is 0.286. The number of benzene rings is 1. The van der Waals surface area contributed by atoms with Gasteiger partial charge in [-0.05, 0) is 37.6 Å². The molecule has 0 saturated heterocycles. The molecular formula is C14H16N2O2. The highest BCUT2D eigenvalue weighted by atomic mass is 16.4. The van der Waals surface area contributed by atoms with E-state index in [4.69, 9.17) is 10.4 Å². The van der Waals surface area contributed by atoms with Gasteiger partial charge in [-0.3, -0.25) is 0 Å². The first kappa shape index (κ1) is 13.8. The highest BCUT2D eigenvalue weighted by Gasteiger charge is 2.06. The lowest BCUT2D eigenvalue weighted by atomic mass is 10.1. The fourth-order valence-corrected chi connectivity index (χ4v) is 1.68. The first-order chi connectivity index (χ1) is 8.62. The summed E-state index contributed by atoms with van der Waals surface area (Å²) in [5.41, 5.74) is 1.54. The Morgan fingerprint density at radius 1 is 1.33 bits per heavy atom. The van der Waals surface area contributed by atoms with Crippen molar-refractivity contribution < 1.29 is 9.90 Å². The van der Waals surface area contributed by atoms with Gasteiger partial charge in [-0.2, -0.15) is 5.26 Å². The predicted molar refractivity (Wildman–Crippen MR) is 71.2 cm³/mol. The molecule has 0 aliphatic heterocycles. The normalized spacial score (nSPS) is 10.8. The zero-order valence-corrected chi connectivity index (χ0v) is 10.6. The molecule has 0 spiro atoms. The van der Waals surface area contributed by atoms with E-state index in [2.05, 4.69) is 18.7 Å². The third-order valence-corrected chi connectivity index (χ3v) is 2.68. The molecule has 1 N–H and O–H groups in total. The van der Waals surface area contributed by atoms with Gasteiger partial charge in [-0.15, -0.1) is 0 Å². The van der Waals surface area contributed by atoms with Gasteiger partial charge < -0.3 is 10.0 Å². The van der Waals surface area contributed by atoms with E-state index in [1.165, 1.54) is 6.08 Å². The van der Waals surface area contributed by atoms with Crippen LogP contribution in [0.2, 0.25) is 0 Å². The average molecular weight is 244 g/mol. The maximum Gasteiger partial charge on any atom is 0.346 e. The summed E-state index contributed by atoms with van der Waals surface area (Å²) in [6.07, 6.45) is 1.37. The molecule has 0 radical (unpaired) electrons. The second kappa shape index (κ2) is 6.45. The van der Waals surface area contributed by atoms with E-state index < -0.39 is 5.97 Å². The lowest BCUT2D eigenvalue weighted by Crippen LogP contribution is -2.21. The number of nitriles is 1. The average Bonchev–Trinajstić information content (AvgIpc) is 2.38. The number of nitrogens with zero attached hydrogens (tertiary/aromatic N) is 2. The highest BCUT2D eigenvalue weighted by molar-refractivity contribution is 5.96. The Kier molecular flexibility index (Phi) is 4.94. The van der Waals surface area contributed by atoms with Crippen molar-refractivity contribution in [1.82, 2.24) is 0 Å². The molecule has 4 nitrogen and oxygen atoms in total. The van der Waals surface area contributed by atoms with Crippen LogP contribution in [0.3, 0.4) is 0 Å². The van der Waals surface area contributed by atoms with Crippen LogP contribution in [0.1, 0.15) is 19.4 Å². The lowest BCUT2D eigenvalue weighted by Gasteiger charge is -2.20. The molecule has 0 bridgehead atoms. The van der Waals surface area contributed by atoms with Crippen LogP contribution in [0.4, 0.5) is 5.69 Å². The number of carbonyl (C=O) groups is 1. The standard InChI is InChI=1S/C14H16N2O2/c1-3-16(4-2)13-7-5-11(6-8-13)9-12(10-15)14(17)18/h5-9H,3-4H2,1-2H3,(H,17,18). The summed E-state index contributed by atoms with van der Waals surface area (Å²) in [5.74, 6) is -1.20. The summed E-state index contributed by atoms with van der Waals surface area (Å²) >= 11 is 0. The van der Waals surface area contributed by atoms with Crippen LogP contribution in [-0.4, -0.2) is 24.2 Å². The number of rotatable bonds is 5. The molecule has 0 fully saturated rings. The van der Waals surface area contributed by atoms with Crippen molar-refractivity contribution in [2.45, 2.75) is 13.8 Å². The van der Waals surface area contributed by atoms with Gasteiger partial charge >= 0.3 is 5.97 Å². The summed E-state index contributed by atoms with van der Waals surface area (Å²) in [4.78, 5) is 12.9. The topological polar surface area (TPSA) is 64.3 Å². The SMILES string of the molecule is CCN(CC)c1ccc(C=C(C#N)C(=O)O)cc1. The third-order valence-electron chi connectivity index (χ3n) is 2.68. The number of carboxylic acids is 1. The van der Waals surface area contributed by atoms with Gasteiger partial charge in [0, 0.05) is 18.8 Å². The minimum absolute atomic E-state index is 0.259. The van der Waals surface area contributed by atoms with Gasteiger partial charge in [0.05, 0.1) is 0 Å². The molecule has 1 aromatic rings. The Balaban J connectivity index is 2.97. The molecule has 0 atom stereocenters. The van der Waals surface area contributed by atoms with E-state index in [1.54, 1.807) is 6.07 Å². The second-order valence-electron chi connectivity index (χ2n) is 3.74. The molecule has 0 aromatic heterocycles. The monoisotopic (exact) mass is 244 g/mol. The van der Waals surface area contributed by atoms with Crippen LogP contribution in [-0.2, 0) is 4.79 Å². The molecule has 4 heteroatoms. The number of hydrogen-bond donors (Lipinski definition) is 1. The van der Waals surface area contributed by atoms with Crippen molar-refractivity contribution in [3.8, 4) is 6.07 Å². The quantitative estimate of drug-likeness (QED) is 0.638. The smallest absolute Gasteiger partial charge is 0.346 e. The van der Waals surface area contributed by atoms with Crippen LogP contribution in [0.25, 0.3) is 6.08 Å². The van der Waals surface area contributed by atoms with Crippen molar-refractivity contribution in [3.05, 3.63) is 35.4 Å². The maximum atomic E-state index is 10.7. The largest absolute Gasteiger partial charge is 0.477 e. The molecule has 1 rings (SSSR count). The van der Waals surface area contributed by atoms with Gasteiger partial charge in [-0.25, -0.2) is 4.79 Å². The fourth-order valence-electron chi connectivity index (χ4n) is 1.68. The van der Waals surface area contributed by atoms with Gasteiger partial charge in [0.1, 0.15) is 11.6 Å². The first-order valence-corrected chi connectivity index (χ1v) is 5.82. The molecule has 0 aliphatic carbocycles. The minimum atomic E-state index is -1.20. The maximum absolute atomic E-state index is 10.7. The second-order valence-corrected chi connectivity index (χ2v) is 3.74. The number of anilines is 1. The van der Waals surface area contributed by atoms with E-state index in [0.717, 1.165) is 18.8 Å². The number of carboxylic acid groups (broad SMARTS) is 1. The van der Waals surface area contributed by atoms with Gasteiger partial charge in [0.25, 0.3) is 0 Å². The Labute approximate surface area is 107 Å². The molecule has 0 heterocycles. The molecule has 94 valence electrons. The Morgan fingerprint density at radius 2 is 1.89 bits per heavy atom. The van der Waals surface area contributed by atoms with E-state index in [-0.39, 0.29) is 5.57 Å². The van der Waals surface area contributed by atoms with Gasteiger partial charge in [-0.1, -0.05) is 12.1 Å². The Bertz CT molecular complexity index is 480. The zero-order valence-electron chi connectivity index (χ0n) is 10.6. The summed E-state index contributed by atoms with van der Waals surface area (Å²) in [6.45, 7) is 6.00. The van der Waals surface area contributed by atoms with Gasteiger partial charge in [0.2, 0.25) is 0 Å². The van der Waals surface area contributed by atoms with E-state index in [9.17, 15) is 4.79 Å². The molecule has 0 unspecified atom stereocenters.